The van der Waals surface area contributed by atoms with E-state index in [1.165, 1.54) is 0 Å². The molecule has 0 bridgehead atoms. The molecule has 2 unspecified atom stereocenters. The van der Waals surface area contributed by atoms with Gasteiger partial charge in [-0.2, -0.15) is 0 Å². The summed E-state index contributed by atoms with van der Waals surface area (Å²) in [4.78, 5) is 14.1. The molecule has 2 saturated heterocycles. The molecule has 0 aromatic heterocycles. The Morgan fingerprint density at radius 2 is 2.12 bits per heavy atom. The summed E-state index contributed by atoms with van der Waals surface area (Å²) in [6.45, 7) is 5.72. The monoisotopic (exact) mass is 248 g/mol. The number of carbonyl (C=O) groups is 1. The molecule has 2 fully saturated rings. The molecular formula is C11H21ClN2O2. The summed E-state index contributed by atoms with van der Waals surface area (Å²) in [5.74, 6) is 0.767. The van der Waals surface area contributed by atoms with E-state index in [-0.39, 0.29) is 30.5 Å². The van der Waals surface area contributed by atoms with E-state index in [9.17, 15) is 9.90 Å². The lowest BCUT2D eigenvalue weighted by atomic mass is 10.0. The SMILES string of the molecule is CC1CCN(C(=O)[C@H]2C[C@H](O)CN2)C1C.Cl. The van der Waals surface area contributed by atoms with Crippen LogP contribution in [-0.4, -0.2) is 47.2 Å². The highest BCUT2D eigenvalue weighted by molar-refractivity contribution is 5.85. The van der Waals surface area contributed by atoms with Gasteiger partial charge in [-0.05, 0) is 25.7 Å². The van der Waals surface area contributed by atoms with Crippen molar-refractivity contribution in [2.24, 2.45) is 5.92 Å². The number of aliphatic hydroxyl groups excluding tert-OH is 1. The summed E-state index contributed by atoms with van der Waals surface area (Å²) in [5, 5.41) is 12.5. The summed E-state index contributed by atoms with van der Waals surface area (Å²) in [6.07, 6.45) is 1.31. The molecule has 0 radical (unpaired) electrons. The van der Waals surface area contributed by atoms with Crippen LogP contribution in [0.3, 0.4) is 0 Å². The molecule has 2 heterocycles. The predicted octanol–water partition coefficient (Wildman–Crippen LogP) is 0.388. The van der Waals surface area contributed by atoms with Gasteiger partial charge in [0.15, 0.2) is 0 Å². The molecule has 0 saturated carbocycles. The summed E-state index contributed by atoms with van der Waals surface area (Å²) in [5.41, 5.74) is 0. The summed E-state index contributed by atoms with van der Waals surface area (Å²) < 4.78 is 0. The van der Waals surface area contributed by atoms with Gasteiger partial charge >= 0.3 is 0 Å². The first kappa shape index (κ1) is 13.7. The molecule has 2 aliphatic heterocycles. The second-order valence-corrected chi connectivity index (χ2v) is 4.89. The maximum atomic E-state index is 12.1. The number of amides is 1. The van der Waals surface area contributed by atoms with E-state index in [4.69, 9.17) is 0 Å². The summed E-state index contributed by atoms with van der Waals surface area (Å²) in [7, 11) is 0. The molecule has 2 N–H and O–H groups in total. The third-order valence-electron chi connectivity index (χ3n) is 3.83. The van der Waals surface area contributed by atoms with Crippen LogP contribution in [0.15, 0.2) is 0 Å². The van der Waals surface area contributed by atoms with Gasteiger partial charge in [0.2, 0.25) is 5.91 Å². The van der Waals surface area contributed by atoms with E-state index in [2.05, 4.69) is 19.2 Å². The smallest absolute Gasteiger partial charge is 0.240 e. The fourth-order valence-corrected chi connectivity index (χ4v) is 2.51. The van der Waals surface area contributed by atoms with Crippen molar-refractivity contribution in [2.75, 3.05) is 13.1 Å². The van der Waals surface area contributed by atoms with Crippen molar-refractivity contribution in [1.82, 2.24) is 10.2 Å². The van der Waals surface area contributed by atoms with Gasteiger partial charge in [0.05, 0.1) is 12.1 Å². The van der Waals surface area contributed by atoms with E-state index >= 15 is 0 Å². The maximum absolute atomic E-state index is 12.1. The van der Waals surface area contributed by atoms with Gasteiger partial charge in [0.1, 0.15) is 0 Å². The minimum atomic E-state index is -0.353. The molecule has 0 aromatic rings. The molecule has 0 aliphatic carbocycles. The Morgan fingerprint density at radius 1 is 1.44 bits per heavy atom. The van der Waals surface area contributed by atoms with Gasteiger partial charge in [-0.3, -0.25) is 4.79 Å². The Hall–Kier alpha value is -0.320. The molecule has 94 valence electrons. The number of rotatable bonds is 1. The lowest BCUT2D eigenvalue weighted by molar-refractivity contribution is -0.134. The first-order chi connectivity index (χ1) is 7.09. The Morgan fingerprint density at radius 3 is 2.56 bits per heavy atom. The third-order valence-corrected chi connectivity index (χ3v) is 3.83. The van der Waals surface area contributed by atoms with Crippen LogP contribution in [0.5, 0.6) is 0 Å². The van der Waals surface area contributed by atoms with Crippen LogP contribution in [0.4, 0.5) is 0 Å². The molecule has 0 spiro atoms. The first-order valence-electron chi connectivity index (χ1n) is 5.81. The predicted molar refractivity (Wildman–Crippen MR) is 64.6 cm³/mol. The Kier molecular flexibility index (Phi) is 4.59. The molecular weight excluding hydrogens is 228 g/mol. The molecule has 5 heteroatoms. The Balaban J connectivity index is 0.00000128. The van der Waals surface area contributed by atoms with Crippen LogP contribution in [-0.2, 0) is 4.79 Å². The Bertz CT molecular complexity index is 262. The van der Waals surface area contributed by atoms with Crippen molar-refractivity contribution in [3.05, 3.63) is 0 Å². The van der Waals surface area contributed by atoms with Crippen molar-refractivity contribution < 1.29 is 9.90 Å². The highest BCUT2D eigenvalue weighted by Crippen LogP contribution is 2.25. The van der Waals surface area contributed by atoms with E-state index in [1.807, 2.05) is 4.90 Å². The highest BCUT2D eigenvalue weighted by atomic mass is 35.5. The number of aliphatic hydroxyl groups is 1. The van der Waals surface area contributed by atoms with Crippen molar-refractivity contribution in [3.63, 3.8) is 0 Å². The largest absolute Gasteiger partial charge is 0.392 e. The van der Waals surface area contributed by atoms with Crippen LogP contribution in [0.1, 0.15) is 26.7 Å². The number of nitrogens with zero attached hydrogens (tertiary/aromatic N) is 1. The number of likely N-dealkylation sites (tertiary alicyclic amines) is 1. The summed E-state index contributed by atoms with van der Waals surface area (Å²) >= 11 is 0. The fourth-order valence-electron chi connectivity index (χ4n) is 2.51. The zero-order chi connectivity index (χ0) is 11.0. The fraction of sp³-hybridized carbons (Fsp3) is 0.909. The number of β-amino-alcohol motifs (C(OH)–C–C–N with tert-alkyl or cyclic N) is 1. The standard InChI is InChI=1S/C11H20N2O2.ClH/c1-7-3-4-13(8(7)2)11(15)10-5-9(14)6-12-10;/h7-10,12,14H,3-6H2,1-2H3;1H/t7?,8?,9-,10+;/m0./s1. The van der Waals surface area contributed by atoms with Crippen molar-refractivity contribution >= 4 is 18.3 Å². The molecule has 16 heavy (non-hydrogen) atoms. The van der Waals surface area contributed by atoms with Gasteiger partial charge in [-0.15, -0.1) is 12.4 Å². The zero-order valence-corrected chi connectivity index (χ0v) is 10.7. The van der Waals surface area contributed by atoms with Crippen LogP contribution in [0, 0.1) is 5.92 Å². The highest BCUT2D eigenvalue weighted by Gasteiger charge is 2.37. The van der Waals surface area contributed by atoms with Gasteiger partial charge in [-0.25, -0.2) is 0 Å². The second kappa shape index (κ2) is 5.34. The molecule has 2 aliphatic rings. The third kappa shape index (κ3) is 2.50. The van der Waals surface area contributed by atoms with Crippen LogP contribution in [0.2, 0.25) is 0 Å². The minimum Gasteiger partial charge on any atom is -0.392 e. The Labute approximate surface area is 103 Å². The van der Waals surface area contributed by atoms with Crippen LogP contribution >= 0.6 is 12.4 Å². The van der Waals surface area contributed by atoms with Gasteiger partial charge in [0.25, 0.3) is 0 Å². The minimum absolute atomic E-state index is 0. The van der Waals surface area contributed by atoms with E-state index in [1.54, 1.807) is 0 Å². The van der Waals surface area contributed by atoms with Crippen LogP contribution < -0.4 is 5.32 Å². The van der Waals surface area contributed by atoms with Crippen molar-refractivity contribution in [2.45, 2.75) is 44.9 Å². The van der Waals surface area contributed by atoms with Gasteiger partial charge in [0, 0.05) is 19.1 Å². The number of hydrogen-bond donors (Lipinski definition) is 2. The first-order valence-corrected chi connectivity index (χ1v) is 5.81. The molecule has 0 aromatic carbocycles. The lowest BCUT2D eigenvalue weighted by Crippen LogP contribution is -2.45. The van der Waals surface area contributed by atoms with E-state index in [0.29, 0.717) is 24.9 Å². The van der Waals surface area contributed by atoms with Crippen LogP contribution in [0.25, 0.3) is 0 Å². The maximum Gasteiger partial charge on any atom is 0.240 e. The second-order valence-electron chi connectivity index (χ2n) is 4.89. The topological polar surface area (TPSA) is 52.6 Å². The molecule has 1 amide bonds. The molecule has 4 nitrogen and oxygen atoms in total. The average Bonchev–Trinajstić information content (AvgIpc) is 2.75. The average molecular weight is 249 g/mol. The summed E-state index contributed by atoms with van der Waals surface area (Å²) in [6, 6.07) is 0.185. The van der Waals surface area contributed by atoms with Gasteiger partial charge in [-0.1, -0.05) is 6.92 Å². The van der Waals surface area contributed by atoms with E-state index in [0.717, 1.165) is 13.0 Å². The number of nitrogens with one attached hydrogen (secondary N) is 1. The van der Waals surface area contributed by atoms with E-state index < -0.39 is 0 Å². The van der Waals surface area contributed by atoms with Gasteiger partial charge < -0.3 is 15.3 Å². The molecule has 4 atom stereocenters. The lowest BCUT2D eigenvalue weighted by Gasteiger charge is -2.26. The van der Waals surface area contributed by atoms with Crippen molar-refractivity contribution in [3.8, 4) is 0 Å². The normalized spacial score (nSPS) is 38.6. The number of carbonyl (C=O) groups excluding carboxylic acids is 1. The quantitative estimate of drug-likeness (QED) is 0.706. The molecule has 2 rings (SSSR count). The van der Waals surface area contributed by atoms with Crippen molar-refractivity contribution in [1.29, 1.82) is 0 Å². The number of halogens is 1. The zero-order valence-electron chi connectivity index (χ0n) is 9.85. The number of hydrogen-bond acceptors (Lipinski definition) is 3.